The molecule has 1 heterocycles. The summed E-state index contributed by atoms with van der Waals surface area (Å²) in [7, 11) is -3.88. The van der Waals surface area contributed by atoms with Crippen molar-refractivity contribution in [3.8, 4) is 0 Å². The third-order valence-corrected chi connectivity index (χ3v) is 9.96. The van der Waals surface area contributed by atoms with Crippen molar-refractivity contribution in [3.63, 3.8) is 0 Å². The van der Waals surface area contributed by atoms with Gasteiger partial charge in [0.15, 0.2) is 0 Å². The number of carboxylic acids is 1. The fourth-order valence-electron chi connectivity index (χ4n) is 5.86. The molecule has 1 aliphatic rings. The van der Waals surface area contributed by atoms with E-state index in [0.29, 0.717) is 22.0 Å². The maximum absolute atomic E-state index is 14.4. The number of sulfonamides is 1. The summed E-state index contributed by atoms with van der Waals surface area (Å²) in [4.78, 5) is 28.2. The van der Waals surface area contributed by atoms with Crippen molar-refractivity contribution < 1.29 is 23.1 Å². The van der Waals surface area contributed by atoms with E-state index in [0.717, 1.165) is 11.1 Å². The Bertz CT molecular complexity index is 1530. The number of nitrogens with one attached hydrogen (secondary N) is 1. The largest absolute Gasteiger partial charge is 0.481 e. The Labute approximate surface area is 251 Å². The summed E-state index contributed by atoms with van der Waals surface area (Å²) in [6.07, 6.45) is 0.337. The van der Waals surface area contributed by atoms with Gasteiger partial charge in [0.2, 0.25) is 15.9 Å². The van der Waals surface area contributed by atoms with Crippen LogP contribution < -0.4 is 4.72 Å². The summed E-state index contributed by atoms with van der Waals surface area (Å²) in [6.45, 7) is 5.24. The van der Waals surface area contributed by atoms with Crippen LogP contribution in [0.4, 0.5) is 0 Å². The van der Waals surface area contributed by atoms with Gasteiger partial charge in [-0.05, 0) is 66.8 Å². The highest BCUT2D eigenvalue weighted by Crippen LogP contribution is 2.52. The van der Waals surface area contributed by atoms with Crippen LogP contribution >= 0.6 is 23.2 Å². The average Bonchev–Trinajstić information content (AvgIpc) is 2.91. The standard InChI is InChI=1S/C31H34Cl2N2O5S/c1-4-25(19-34-41(39,40)27-11-6-5-8-20(27)2)35-29(21-12-14-23(32)15-13-21)26(22-9-7-10-24(33)16-22)17-31(3,30(35)38)18-28(36)37/h5-16,25-26,29,34H,4,17-19H2,1-3H3,(H,36,37). The molecule has 0 saturated carbocycles. The topological polar surface area (TPSA) is 104 Å². The molecule has 3 aromatic rings. The van der Waals surface area contributed by atoms with Crippen molar-refractivity contribution in [2.75, 3.05) is 6.54 Å². The van der Waals surface area contributed by atoms with Gasteiger partial charge in [0.1, 0.15) is 0 Å². The molecule has 1 aliphatic heterocycles. The first kappa shape index (κ1) is 31.0. The molecule has 0 radical (unpaired) electrons. The Morgan fingerprint density at radius 1 is 1.05 bits per heavy atom. The van der Waals surface area contributed by atoms with E-state index in [2.05, 4.69) is 4.72 Å². The highest BCUT2D eigenvalue weighted by Gasteiger charge is 2.52. The first-order valence-electron chi connectivity index (χ1n) is 13.5. The van der Waals surface area contributed by atoms with Gasteiger partial charge < -0.3 is 10.0 Å². The SMILES string of the molecule is CCC(CNS(=O)(=O)c1ccccc1C)N1C(=O)C(C)(CC(=O)O)CC(c2cccc(Cl)c2)C1c1ccc(Cl)cc1. The lowest BCUT2D eigenvalue weighted by molar-refractivity contribution is -0.160. The number of hydrogen-bond acceptors (Lipinski definition) is 4. The molecule has 0 spiro atoms. The molecule has 1 saturated heterocycles. The highest BCUT2D eigenvalue weighted by molar-refractivity contribution is 7.89. The monoisotopic (exact) mass is 616 g/mol. The second kappa shape index (κ2) is 12.5. The normalized spacial score (nSPS) is 22.0. The molecule has 7 nitrogen and oxygen atoms in total. The Morgan fingerprint density at radius 2 is 1.73 bits per heavy atom. The van der Waals surface area contributed by atoms with Crippen LogP contribution in [0.1, 0.15) is 61.8 Å². The summed E-state index contributed by atoms with van der Waals surface area (Å²) in [5, 5.41) is 10.9. The van der Waals surface area contributed by atoms with Gasteiger partial charge in [-0.1, -0.05) is 79.5 Å². The summed E-state index contributed by atoms with van der Waals surface area (Å²) < 4.78 is 29.3. The summed E-state index contributed by atoms with van der Waals surface area (Å²) in [6, 6.07) is 20.2. The molecular weight excluding hydrogens is 583 g/mol. The van der Waals surface area contributed by atoms with Crippen LogP contribution in [0, 0.1) is 12.3 Å². The summed E-state index contributed by atoms with van der Waals surface area (Å²) >= 11 is 12.6. The van der Waals surface area contributed by atoms with Gasteiger partial charge in [0.05, 0.1) is 22.8 Å². The van der Waals surface area contributed by atoms with Gasteiger partial charge in [-0.3, -0.25) is 9.59 Å². The molecule has 4 rings (SSSR count). The number of nitrogens with zero attached hydrogens (tertiary/aromatic N) is 1. The van der Waals surface area contributed by atoms with Crippen molar-refractivity contribution in [1.82, 2.24) is 9.62 Å². The van der Waals surface area contributed by atoms with Crippen LogP contribution in [0.5, 0.6) is 0 Å². The zero-order valence-electron chi connectivity index (χ0n) is 23.2. The van der Waals surface area contributed by atoms with Gasteiger partial charge in [0, 0.05) is 28.5 Å². The Morgan fingerprint density at radius 3 is 2.34 bits per heavy atom. The fraction of sp³-hybridized carbons (Fsp3) is 0.355. The maximum atomic E-state index is 14.4. The average molecular weight is 618 g/mol. The minimum absolute atomic E-state index is 0.0472. The molecule has 0 aliphatic carbocycles. The molecule has 4 atom stereocenters. The number of benzene rings is 3. The van der Waals surface area contributed by atoms with Crippen molar-refractivity contribution in [1.29, 1.82) is 0 Å². The number of halogens is 2. The lowest BCUT2D eigenvalue weighted by Gasteiger charge is -2.52. The van der Waals surface area contributed by atoms with Crippen molar-refractivity contribution in [3.05, 3.63) is 99.5 Å². The molecule has 1 amide bonds. The first-order chi connectivity index (χ1) is 19.4. The van der Waals surface area contributed by atoms with Gasteiger partial charge in [-0.2, -0.15) is 0 Å². The Balaban J connectivity index is 1.83. The van der Waals surface area contributed by atoms with Crippen molar-refractivity contribution in [2.45, 2.75) is 62.9 Å². The number of amides is 1. The molecule has 0 aromatic heterocycles. The number of carbonyl (C=O) groups is 2. The predicted octanol–water partition coefficient (Wildman–Crippen LogP) is 6.60. The molecule has 41 heavy (non-hydrogen) atoms. The molecule has 2 N–H and O–H groups in total. The zero-order valence-corrected chi connectivity index (χ0v) is 25.5. The first-order valence-corrected chi connectivity index (χ1v) is 15.7. The van der Waals surface area contributed by atoms with E-state index in [-0.39, 0.29) is 36.1 Å². The molecule has 0 bridgehead atoms. The number of piperidine rings is 1. The van der Waals surface area contributed by atoms with Gasteiger partial charge >= 0.3 is 5.97 Å². The quantitative estimate of drug-likeness (QED) is 0.267. The van der Waals surface area contributed by atoms with Gasteiger partial charge in [-0.25, -0.2) is 13.1 Å². The number of carboxylic acid groups (broad SMARTS) is 1. The van der Waals surface area contributed by atoms with Gasteiger partial charge in [0.25, 0.3) is 0 Å². The number of aliphatic carboxylic acids is 1. The molecule has 1 fully saturated rings. The Hall–Kier alpha value is -2.91. The second-order valence-electron chi connectivity index (χ2n) is 10.9. The Kier molecular flexibility index (Phi) is 9.49. The molecular formula is C31H34Cl2N2O5S. The van der Waals surface area contributed by atoms with E-state index in [1.54, 1.807) is 61.2 Å². The highest BCUT2D eigenvalue weighted by atomic mass is 35.5. The van der Waals surface area contributed by atoms with E-state index in [1.807, 2.05) is 37.3 Å². The van der Waals surface area contributed by atoms with E-state index < -0.39 is 33.5 Å². The fourth-order valence-corrected chi connectivity index (χ4v) is 7.50. The lowest BCUT2D eigenvalue weighted by Crippen LogP contribution is -2.58. The van der Waals surface area contributed by atoms with Gasteiger partial charge in [-0.15, -0.1) is 0 Å². The maximum Gasteiger partial charge on any atom is 0.304 e. The van der Waals surface area contributed by atoms with Crippen molar-refractivity contribution in [2.24, 2.45) is 5.41 Å². The molecule has 3 aromatic carbocycles. The zero-order chi connectivity index (χ0) is 29.9. The van der Waals surface area contributed by atoms with E-state index >= 15 is 0 Å². The smallest absolute Gasteiger partial charge is 0.304 e. The number of likely N-dealkylation sites (tertiary alicyclic amines) is 1. The number of rotatable bonds is 10. The molecule has 218 valence electrons. The van der Waals surface area contributed by atoms with E-state index in [1.165, 1.54) is 0 Å². The number of hydrogen-bond donors (Lipinski definition) is 2. The minimum Gasteiger partial charge on any atom is -0.481 e. The van der Waals surface area contributed by atoms with Crippen LogP contribution in [-0.2, 0) is 19.6 Å². The third-order valence-electron chi connectivity index (χ3n) is 7.89. The summed E-state index contributed by atoms with van der Waals surface area (Å²) in [5.74, 6) is -1.73. The van der Waals surface area contributed by atoms with E-state index in [9.17, 15) is 23.1 Å². The lowest BCUT2D eigenvalue weighted by atomic mass is 9.67. The van der Waals surface area contributed by atoms with Crippen LogP contribution in [-0.4, -0.2) is 42.9 Å². The molecule has 10 heteroatoms. The van der Waals surface area contributed by atoms with Crippen LogP contribution in [0.15, 0.2) is 77.7 Å². The predicted molar refractivity (Wildman–Crippen MR) is 161 cm³/mol. The van der Waals surface area contributed by atoms with Crippen molar-refractivity contribution >= 4 is 45.1 Å². The summed E-state index contributed by atoms with van der Waals surface area (Å²) in [5.41, 5.74) is 1.05. The molecule has 4 unspecified atom stereocenters. The van der Waals surface area contributed by atoms with E-state index in [4.69, 9.17) is 23.2 Å². The number of carbonyl (C=O) groups excluding carboxylic acids is 1. The second-order valence-corrected chi connectivity index (χ2v) is 13.5. The number of aryl methyl sites for hydroxylation is 1. The van der Waals surface area contributed by atoms with Crippen LogP contribution in [0.3, 0.4) is 0 Å². The van der Waals surface area contributed by atoms with Crippen LogP contribution in [0.2, 0.25) is 10.0 Å². The third kappa shape index (κ3) is 6.78. The van der Waals surface area contributed by atoms with Crippen LogP contribution in [0.25, 0.3) is 0 Å². The minimum atomic E-state index is -3.88.